The van der Waals surface area contributed by atoms with E-state index in [0.717, 1.165) is 39.7 Å². The Hall–Kier alpha value is -2.43. The molecule has 3 rings (SSSR count). The van der Waals surface area contributed by atoms with E-state index in [-0.39, 0.29) is 0 Å². The maximum atomic E-state index is 4.69. The van der Waals surface area contributed by atoms with Gasteiger partial charge in [0.05, 0.1) is 11.3 Å². The maximum Gasteiger partial charge on any atom is 0.163 e. The van der Waals surface area contributed by atoms with E-state index in [2.05, 4.69) is 30.0 Å². The molecule has 0 atom stereocenters. The molecule has 0 amide bonds. The minimum atomic E-state index is 0.900. The summed E-state index contributed by atoms with van der Waals surface area (Å²) >= 11 is 0. The molecular formula is C17H21N5. The van der Waals surface area contributed by atoms with Crippen LogP contribution in [0.15, 0.2) is 18.3 Å². The van der Waals surface area contributed by atoms with Crippen LogP contribution in [0.2, 0.25) is 0 Å². The SMILES string of the molecule is Cc1cc(C)n2nc(C)c(-c3cnc(N(C)C)cc3C)c2n1. The van der Waals surface area contributed by atoms with Crippen LogP contribution in [0.4, 0.5) is 5.82 Å². The highest BCUT2D eigenvalue weighted by atomic mass is 15.3. The van der Waals surface area contributed by atoms with Crippen LogP contribution < -0.4 is 4.90 Å². The average molecular weight is 295 g/mol. The summed E-state index contributed by atoms with van der Waals surface area (Å²) in [6.45, 7) is 8.20. The van der Waals surface area contributed by atoms with Gasteiger partial charge in [0.1, 0.15) is 5.82 Å². The molecule has 0 saturated carbocycles. The molecule has 0 saturated heterocycles. The highest BCUT2D eigenvalue weighted by Gasteiger charge is 2.17. The van der Waals surface area contributed by atoms with Crippen molar-refractivity contribution in [2.45, 2.75) is 27.7 Å². The molecule has 0 aliphatic rings. The van der Waals surface area contributed by atoms with Gasteiger partial charge in [-0.15, -0.1) is 0 Å². The van der Waals surface area contributed by atoms with Crippen molar-refractivity contribution in [1.82, 2.24) is 19.6 Å². The van der Waals surface area contributed by atoms with Crippen LogP contribution in [-0.2, 0) is 0 Å². The Kier molecular flexibility index (Phi) is 3.35. The minimum Gasteiger partial charge on any atom is -0.363 e. The summed E-state index contributed by atoms with van der Waals surface area (Å²) in [5.74, 6) is 0.954. The molecule has 0 N–H and O–H groups in total. The summed E-state index contributed by atoms with van der Waals surface area (Å²) < 4.78 is 1.91. The van der Waals surface area contributed by atoms with Gasteiger partial charge in [0.15, 0.2) is 5.65 Å². The highest BCUT2D eigenvalue weighted by Crippen LogP contribution is 2.31. The van der Waals surface area contributed by atoms with Gasteiger partial charge in [0, 0.05) is 37.2 Å². The Bertz CT molecular complexity index is 861. The van der Waals surface area contributed by atoms with Gasteiger partial charge in [0.2, 0.25) is 0 Å². The number of nitrogens with zero attached hydrogens (tertiary/aromatic N) is 5. The predicted molar refractivity (Wildman–Crippen MR) is 89.5 cm³/mol. The van der Waals surface area contributed by atoms with E-state index in [1.165, 1.54) is 5.56 Å². The predicted octanol–water partition coefficient (Wildman–Crippen LogP) is 3.09. The zero-order valence-electron chi connectivity index (χ0n) is 14.0. The van der Waals surface area contributed by atoms with Crippen LogP contribution in [0.5, 0.6) is 0 Å². The lowest BCUT2D eigenvalue weighted by Crippen LogP contribution is -2.10. The number of fused-ring (bicyclic) bond motifs is 1. The van der Waals surface area contributed by atoms with Crippen molar-refractivity contribution in [2.75, 3.05) is 19.0 Å². The number of rotatable bonds is 2. The summed E-state index contributed by atoms with van der Waals surface area (Å²) in [6, 6.07) is 4.14. The highest BCUT2D eigenvalue weighted by molar-refractivity contribution is 5.82. The molecule has 0 spiro atoms. The van der Waals surface area contributed by atoms with E-state index < -0.39 is 0 Å². The van der Waals surface area contributed by atoms with Gasteiger partial charge in [-0.1, -0.05) is 0 Å². The van der Waals surface area contributed by atoms with Crippen LogP contribution in [-0.4, -0.2) is 33.7 Å². The Morgan fingerprint density at radius 1 is 1.05 bits per heavy atom. The molecule has 22 heavy (non-hydrogen) atoms. The molecule has 114 valence electrons. The molecule has 0 fully saturated rings. The van der Waals surface area contributed by atoms with E-state index in [9.17, 15) is 0 Å². The first-order valence-corrected chi connectivity index (χ1v) is 7.36. The van der Waals surface area contributed by atoms with Crippen molar-refractivity contribution < 1.29 is 0 Å². The Labute approximate surface area is 130 Å². The molecule has 3 aromatic rings. The zero-order chi connectivity index (χ0) is 16.0. The zero-order valence-corrected chi connectivity index (χ0v) is 14.0. The van der Waals surface area contributed by atoms with E-state index in [1.54, 1.807) is 0 Å². The smallest absolute Gasteiger partial charge is 0.163 e. The summed E-state index contributed by atoms with van der Waals surface area (Å²) in [7, 11) is 3.99. The molecular weight excluding hydrogens is 274 g/mol. The molecule has 0 aliphatic heterocycles. The number of aromatic nitrogens is 4. The molecule has 3 heterocycles. The van der Waals surface area contributed by atoms with Gasteiger partial charge < -0.3 is 4.90 Å². The second-order valence-electron chi connectivity index (χ2n) is 5.99. The number of aryl methyl sites for hydroxylation is 4. The lowest BCUT2D eigenvalue weighted by atomic mass is 10.0. The topological polar surface area (TPSA) is 46.3 Å². The normalized spacial score (nSPS) is 11.2. The average Bonchev–Trinajstić information content (AvgIpc) is 2.75. The fourth-order valence-corrected chi connectivity index (χ4v) is 2.79. The van der Waals surface area contributed by atoms with Gasteiger partial charge in [-0.05, 0) is 45.4 Å². The summed E-state index contributed by atoms with van der Waals surface area (Å²) in [4.78, 5) is 11.2. The summed E-state index contributed by atoms with van der Waals surface area (Å²) in [5.41, 5.74) is 7.31. The molecule has 0 radical (unpaired) electrons. The Morgan fingerprint density at radius 3 is 2.41 bits per heavy atom. The Balaban J connectivity index is 2.29. The lowest BCUT2D eigenvalue weighted by Gasteiger charge is -2.13. The lowest BCUT2D eigenvalue weighted by molar-refractivity contribution is 0.870. The van der Waals surface area contributed by atoms with Crippen LogP contribution in [0.3, 0.4) is 0 Å². The third-order valence-electron chi connectivity index (χ3n) is 3.89. The minimum absolute atomic E-state index is 0.900. The van der Waals surface area contributed by atoms with Crippen LogP contribution >= 0.6 is 0 Å². The second-order valence-corrected chi connectivity index (χ2v) is 5.99. The van der Waals surface area contributed by atoms with Crippen molar-refractivity contribution in [3.05, 3.63) is 41.0 Å². The van der Waals surface area contributed by atoms with Gasteiger partial charge in [-0.3, -0.25) is 0 Å². The first-order valence-electron chi connectivity index (χ1n) is 7.36. The molecule has 0 bridgehead atoms. The number of anilines is 1. The molecule has 0 unspecified atom stereocenters. The van der Waals surface area contributed by atoms with Gasteiger partial charge in [-0.2, -0.15) is 5.10 Å². The van der Waals surface area contributed by atoms with Crippen LogP contribution in [0.25, 0.3) is 16.8 Å². The number of hydrogen-bond acceptors (Lipinski definition) is 4. The molecule has 0 aliphatic carbocycles. The largest absolute Gasteiger partial charge is 0.363 e. The second kappa shape index (κ2) is 5.09. The van der Waals surface area contributed by atoms with Crippen LogP contribution in [0, 0.1) is 27.7 Å². The monoisotopic (exact) mass is 295 g/mol. The van der Waals surface area contributed by atoms with Crippen molar-refractivity contribution in [3.8, 4) is 11.1 Å². The molecule has 5 nitrogen and oxygen atoms in total. The summed E-state index contributed by atoms with van der Waals surface area (Å²) in [6.07, 6.45) is 1.92. The van der Waals surface area contributed by atoms with Gasteiger partial charge >= 0.3 is 0 Å². The fourth-order valence-electron chi connectivity index (χ4n) is 2.79. The van der Waals surface area contributed by atoms with Crippen molar-refractivity contribution in [1.29, 1.82) is 0 Å². The third-order valence-corrected chi connectivity index (χ3v) is 3.89. The van der Waals surface area contributed by atoms with Crippen molar-refractivity contribution >= 4 is 11.5 Å². The third kappa shape index (κ3) is 2.22. The molecule has 3 aromatic heterocycles. The van der Waals surface area contributed by atoms with Gasteiger partial charge in [0.25, 0.3) is 0 Å². The standard InChI is InChI=1S/C17H21N5/c1-10-7-15(21(5)6)18-9-14(10)16-13(4)20-22-12(3)8-11(2)19-17(16)22/h7-9H,1-6H3. The van der Waals surface area contributed by atoms with Gasteiger partial charge in [-0.25, -0.2) is 14.5 Å². The number of pyridine rings is 1. The van der Waals surface area contributed by atoms with E-state index in [1.807, 2.05) is 49.6 Å². The van der Waals surface area contributed by atoms with Crippen molar-refractivity contribution in [2.24, 2.45) is 0 Å². The van der Waals surface area contributed by atoms with E-state index in [0.29, 0.717) is 0 Å². The van der Waals surface area contributed by atoms with Crippen molar-refractivity contribution in [3.63, 3.8) is 0 Å². The molecule has 0 aromatic carbocycles. The van der Waals surface area contributed by atoms with E-state index in [4.69, 9.17) is 4.98 Å². The summed E-state index contributed by atoms with van der Waals surface area (Å²) in [5, 5.41) is 4.64. The fraction of sp³-hybridized carbons (Fsp3) is 0.353. The molecule has 5 heteroatoms. The first kappa shape index (κ1) is 14.5. The number of hydrogen-bond donors (Lipinski definition) is 0. The Morgan fingerprint density at radius 2 is 1.77 bits per heavy atom. The van der Waals surface area contributed by atoms with E-state index >= 15 is 0 Å². The quantitative estimate of drug-likeness (QED) is 0.729. The maximum absolute atomic E-state index is 4.69. The first-order chi connectivity index (χ1) is 10.4. The van der Waals surface area contributed by atoms with Crippen LogP contribution in [0.1, 0.15) is 22.6 Å².